The smallest absolute Gasteiger partial charge is 0.408 e. The molecule has 2 aliphatic rings. The van der Waals surface area contributed by atoms with E-state index in [4.69, 9.17) is 4.74 Å². The number of ether oxygens (including phenoxy) is 1. The number of ketones is 3. The molecule has 52 heavy (non-hydrogen) atoms. The van der Waals surface area contributed by atoms with Crippen LogP contribution in [0, 0.1) is 23.2 Å². The highest BCUT2D eigenvalue weighted by Gasteiger charge is 2.72. The number of nitrogens with zero attached hydrogens (tertiary/aromatic N) is 2. The van der Waals surface area contributed by atoms with Crippen LogP contribution in [0.4, 0.5) is 4.79 Å². The summed E-state index contributed by atoms with van der Waals surface area (Å²) in [4.78, 5) is 96.7. The Morgan fingerprint density at radius 1 is 0.962 bits per heavy atom. The quantitative estimate of drug-likeness (QED) is 0.163. The Balaban J connectivity index is 1.76. The number of hydrogen-bond acceptors (Lipinski definition) is 8. The molecule has 12 nitrogen and oxygen atoms in total. The molecule has 1 saturated heterocycles. The van der Waals surface area contributed by atoms with Crippen molar-refractivity contribution in [3.63, 3.8) is 0 Å². The topological polar surface area (TPSA) is 159 Å². The summed E-state index contributed by atoms with van der Waals surface area (Å²) in [6, 6.07) is 5.87. The summed E-state index contributed by atoms with van der Waals surface area (Å²) in [6.07, 6.45) is -0.0871. The Morgan fingerprint density at radius 2 is 1.58 bits per heavy atom. The third kappa shape index (κ3) is 11.0. The minimum atomic E-state index is -1.00. The minimum absolute atomic E-state index is 0.0865. The highest BCUT2D eigenvalue weighted by Crippen LogP contribution is 2.68. The molecule has 4 amide bonds. The molecule has 2 fully saturated rings. The summed E-state index contributed by atoms with van der Waals surface area (Å²) in [7, 11) is 3.15. The zero-order valence-corrected chi connectivity index (χ0v) is 34.9. The normalized spacial score (nSPS) is 20.8. The molecule has 0 bridgehead atoms. The van der Waals surface area contributed by atoms with Crippen LogP contribution in [-0.4, -0.2) is 92.5 Å². The highest BCUT2D eigenvalue weighted by molar-refractivity contribution is 9.25. The number of hydrogen-bond donors (Lipinski definition) is 2. The van der Waals surface area contributed by atoms with E-state index in [-0.39, 0.29) is 49.3 Å². The van der Waals surface area contributed by atoms with Crippen LogP contribution < -0.4 is 10.6 Å². The maximum atomic E-state index is 14.2. The number of benzene rings is 1. The first kappa shape index (κ1) is 43.3. The van der Waals surface area contributed by atoms with Crippen LogP contribution >= 0.6 is 31.9 Å². The van der Waals surface area contributed by atoms with Gasteiger partial charge in [-0.25, -0.2) is 4.79 Å². The summed E-state index contributed by atoms with van der Waals surface area (Å²) < 4.78 is 4.87. The summed E-state index contributed by atoms with van der Waals surface area (Å²) in [6.45, 7) is 12.8. The van der Waals surface area contributed by atoms with Crippen molar-refractivity contribution in [1.29, 1.82) is 0 Å². The van der Waals surface area contributed by atoms with E-state index in [1.165, 1.54) is 9.80 Å². The summed E-state index contributed by atoms with van der Waals surface area (Å²) >= 11 is 7.32. The van der Waals surface area contributed by atoms with Gasteiger partial charge in [-0.2, -0.15) is 0 Å². The second-order valence-electron chi connectivity index (χ2n) is 16.1. The third-order valence-corrected chi connectivity index (χ3v) is 11.7. The van der Waals surface area contributed by atoms with Gasteiger partial charge in [-0.05, 0) is 38.2 Å². The number of halogens is 2. The summed E-state index contributed by atoms with van der Waals surface area (Å²) in [5.74, 6) is -4.49. The summed E-state index contributed by atoms with van der Waals surface area (Å²) in [5, 5.41) is 5.41. The molecular formula is C38H54Br2N4O8. The number of amides is 4. The predicted octanol–water partition coefficient (Wildman–Crippen LogP) is 5.50. The molecule has 0 aromatic heterocycles. The van der Waals surface area contributed by atoms with Crippen molar-refractivity contribution in [2.24, 2.45) is 23.2 Å². The fourth-order valence-corrected chi connectivity index (χ4v) is 8.32. The molecule has 0 radical (unpaired) electrons. The lowest BCUT2D eigenvalue weighted by atomic mass is 9.84. The second kappa shape index (κ2) is 17.3. The number of piperidine rings is 1. The van der Waals surface area contributed by atoms with E-state index in [9.17, 15) is 33.6 Å². The standard InChI is InChI=1S/C38H54Br2N4O8/c1-10-11-15-23(31(48)25(45)18-19-27(47)41-29(33(49)43(8)9)22-16-13-12-14-17-22)20-26(46)30-28-24(38(28,39)40)21-44(30)34(50)32(36(2,3)4)42-35(51)52-37(5,6)7/h12-14,16-17,23-24,28-30,32H,10-11,15,18-21H2,1-9H3,(H,41,47)(H,42,51)/t23?,24-,28-,29-,30+,32+/m0/s1. The Hall–Kier alpha value is -3.13. The van der Waals surface area contributed by atoms with Gasteiger partial charge in [0, 0.05) is 57.7 Å². The van der Waals surface area contributed by atoms with Gasteiger partial charge in [-0.15, -0.1) is 0 Å². The van der Waals surface area contributed by atoms with Gasteiger partial charge in [0.1, 0.15) is 17.7 Å². The molecule has 3 rings (SSSR count). The average molecular weight is 855 g/mol. The van der Waals surface area contributed by atoms with Crippen LogP contribution in [0.5, 0.6) is 0 Å². The number of carbonyl (C=O) groups excluding carboxylic acids is 7. The second-order valence-corrected chi connectivity index (χ2v) is 19.8. The van der Waals surface area contributed by atoms with Crippen LogP contribution in [0.25, 0.3) is 0 Å². The molecular weight excluding hydrogens is 800 g/mol. The number of rotatable bonds is 16. The van der Waals surface area contributed by atoms with Crippen LogP contribution in [0.3, 0.4) is 0 Å². The fourth-order valence-electron chi connectivity index (χ4n) is 6.59. The average Bonchev–Trinajstić information content (AvgIpc) is 3.35. The van der Waals surface area contributed by atoms with Crippen molar-refractivity contribution >= 4 is 73.0 Å². The highest BCUT2D eigenvalue weighted by atomic mass is 79.9. The third-order valence-electron chi connectivity index (χ3n) is 9.42. The lowest BCUT2D eigenvalue weighted by Crippen LogP contribution is -2.58. The van der Waals surface area contributed by atoms with Crippen molar-refractivity contribution < 1.29 is 38.3 Å². The van der Waals surface area contributed by atoms with E-state index in [1.807, 2.05) is 27.7 Å². The number of alkyl halides is 2. The first-order valence-corrected chi connectivity index (χ1v) is 19.4. The lowest BCUT2D eigenvalue weighted by Gasteiger charge is -2.37. The van der Waals surface area contributed by atoms with Crippen LogP contribution in [0.15, 0.2) is 30.3 Å². The van der Waals surface area contributed by atoms with Crippen molar-refractivity contribution in [3.8, 4) is 0 Å². The maximum Gasteiger partial charge on any atom is 0.408 e. The monoisotopic (exact) mass is 852 g/mol. The van der Waals surface area contributed by atoms with Gasteiger partial charge in [-0.3, -0.25) is 28.8 Å². The van der Waals surface area contributed by atoms with Crippen molar-refractivity contribution in [3.05, 3.63) is 35.9 Å². The zero-order chi connectivity index (χ0) is 39.3. The fraction of sp³-hybridized carbons (Fsp3) is 0.658. The largest absolute Gasteiger partial charge is 0.444 e. The van der Waals surface area contributed by atoms with Crippen molar-refractivity contribution in [2.45, 2.75) is 114 Å². The van der Waals surface area contributed by atoms with E-state index >= 15 is 0 Å². The van der Waals surface area contributed by atoms with Gasteiger partial charge in [0.15, 0.2) is 11.6 Å². The Bertz CT molecular complexity index is 1520. The molecule has 1 unspecified atom stereocenters. The lowest BCUT2D eigenvalue weighted by molar-refractivity contribution is -0.144. The predicted molar refractivity (Wildman–Crippen MR) is 204 cm³/mol. The Kier molecular flexibility index (Phi) is 14.4. The van der Waals surface area contributed by atoms with Crippen molar-refractivity contribution in [2.75, 3.05) is 20.6 Å². The number of fused-ring (bicyclic) bond motifs is 1. The molecule has 6 atom stereocenters. The van der Waals surface area contributed by atoms with Gasteiger partial charge in [0.2, 0.25) is 23.5 Å². The number of likely N-dealkylation sites (N-methyl/N-ethyl adjacent to an activating group) is 1. The van der Waals surface area contributed by atoms with Gasteiger partial charge >= 0.3 is 6.09 Å². The molecule has 1 aromatic rings. The molecule has 1 heterocycles. The van der Waals surface area contributed by atoms with E-state index < -0.39 is 67.8 Å². The number of Topliss-reactive ketones (excluding diaryl/α,β-unsaturated/α-hetero) is 3. The Labute approximate surface area is 324 Å². The SMILES string of the molecule is CCCCC(CC(=O)[C@@H]1[C@@H]2[C@H](CN1C(=O)[C@@H](NC(=O)OC(C)(C)C)C(C)(C)C)C2(Br)Br)C(=O)C(=O)CCC(=O)N[C@H](C(=O)N(C)C)c1ccccc1. The van der Waals surface area contributed by atoms with E-state index in [1.54, 1.807) is 65.2 Å². The number of likely N-dealkylation sites (tertiary alicyclic amines) is 1. The van der Waals surface area contributed by atoms with Gasteiger partial charge < -0.3 is 25.2 Å². The van der Waals surface area contributed by atoms with E-state index in [0.717, 1.165) is 6.42 Å². The molecule has 14 heteroatoms. The first-order valence-electron chi connectivity index (χ1n) is 17.8. The summed E-state index contributed by atoms with van der Waals surface area (Å²) in [5.41, 5.74) is -0.933. The van der Waals surface area contributed by atoms with Gasteiger partial charge in [0.05, 0.1) is 9.28 Å². The van der Waals surface area contributed by atoms with Gasteiger partial charge in [0.25, 0.3) is 0 Å². The Morgan fingerprint density at radius 3 is 2.12 bits per heavy atom. The molecule has 1 aliphatic heterocycles. The molecule has 2 N–H and O–H groups in total. The van der Waals surface area contributed by atoms with Crippen LogP contribution in [-0.2, 0) is 33.5 Å². The molecule has 288 valence electrons. The maximum absolute atomic E-state index is 14.2. The zero-order valence-electron chi connectivity index (χ0n) is 31.7. The van der Waals surface area contributed by atoms with E-state index in [2.05, 4.69) is 42.5 Å². The molecule has 0 spiro atoms. The van der Waals surface area contributed by atoms with Crippen LogP contribution in [0.1, 0.15) is 98.6 Å². The molecule has 1 aliphatic carbocycles. The van der Waals surface area contributed by atoms with E-state index in [0.29, 0.717) is 18.4 Å². The van der Waals surface area contributed by atoms with Gasteiger partial charge in [-0.1, -0.05) is 103 Å². The number of nitrogens with one attached hydrogen (secondary N) is 2. The number of unbranched alkanes of at least 4 members (excludes halogenated alkanes) is 1. The number of carbonyl (C=O) groups is 7. The van der Waals surface area contributed by atoms with Crippen LogP contribution in [0.2, 0.25) is 0 Å². The first-order chi connectivity index (χ1) is 24.0. The molecule has 1 saturated carbocycles. The number of alkyl carbamates (subject to hydrolysis) is 1. The molecule has 1 aromatic carbocycles. The minimum Gasteiger partial charge on any atom is -0.444 e. The van der Waals surface area contributed by atoms with Crippen molar-refractivity contribution in [1.82, 2.24) is 20.4 Å².